The van der Waals surface area contributed by atoms with Crippen molar-refractivity contribution in [2.75, 3.05) is 0 Å². The summed E-state index contributed by atoms with van der Waals surface area (Å²) in [4.78, 5) is 0. The molecule has 0 fully saturated rings. The molecule has 8 aromatic rings. The lowest BCUT2D eigenvalue weighted by Gasteiger charge is -2.14. The molecule has 0 amide bonds. The first-order valence-corrected chi connectivity index (χ1v) is 15.2. The van der Waals surface area contributed by atoms with Crippen molar-refractivity contribution in [2.24, 2.45) is 0 Å². The van der Waals surface area contributed by atoms with Crippen LogP contribution in [0.15, 0.2) is 152 Å². The Kier molecular flexibility index (Phi) is 4.93. The Morgan fingerprint density at radius 3 is 1.45 bits per heavy atom. The van der Waals surface area contributed by atoms with E-state index in [1.165, 1.54) is 71.3 Å². The summed E-state index contributed by atoms with van der Waals surface area (Å²) < 4.78 is 23.2. The topological polar surface area (TPSA) is 0 Å². The van der Waals surface area contributed by atoms with E-state index < -0.39 is 6.85 Å². The van der Waals surface area contributed by atoms with Gasteiger partial charge in [-0.3, -0.25) is 0 Å². The lowest BCUT2D eigenvalue weighted by molar-refractivity contribution is 1.26. The van der Waals surface area contributed by atoms with Gasteiger partial charge in [0.05, 0.1) is 0 Å². The molecule has 44 heavy (non-hydrogen) atoms. The molecule has 0 unspecified atom stereocenters. The highest BCUT2D eigenvalue weighted by Gasteiger charge is 2.24. The van der Waals surface area contributed by atoms with Gasteiger partial charge in [0, 0.05) is 4.11 Å². The van der Waals surface area contributed by atoms with Gasteiger partial charge in [0.15, 0.2) is 0 Å². The van der Waals surface area contributed by atoms with Crippen LogP contribution in [0, 0.1) is 6.85 Å². The van der Waals surface area contributed by atoms with Crippen molar-refractivity contribution in [2.45, 2.75) is 13.3 Å². The summed E-state index contributed by atoms with van der Waals surface area (Å²) in [6.07, 6.45) is 0.866. The molecule has 8 aromatic carbocycles. The normalized spacial score (nSPS) is 13.4. The zero-order valence-electron chi connectivity index (χ0n) is 27.1. The van der Waals surface area contributed by atoms with Crippen LogP contribution in [0.3, 0.4) is 0 Å². The summed E-state index contributed by atoms with van der Waals surface area (Å²) in [6, 6.07) is 53.7. The lowest BCUT2D eigenvalue weighted by Crippen LogP contribution is -1.91. The number of rotatable bonds is 3. The van der Waals surface area contributed by atoms with Crippen molar-refractivity contribution in [3.8, 4) is 44.5 Å². The first-order chi connectivity index (χ1) is 22.9. The van der Waals surface area contributed by atoms with Gasteiger partial charge in [-0.2, -0.15) is 0 Å². The Hall–Kier alpha value is -5.46. The standard InChI is InChI=1S/C44H30/c1-28-19-21-29(22-20-28)30-9-6-10-31(25-30)33-15-7-17-39-40-18-8-16-34(44(40)27-43(33)39)32-23-24-41-37-13-3-2-11-35(37)36-12-4-5-14-38(36)42(41)26-32/h2-26H,27H2,1H3/i1D3. The van der Waals surface area contributed by atoms with Gasteiger partial charge in [-0.25, -0.2) is 0 Å². The summed E-state index contributed by atoms with van der Waals surface area (Å²) in [5, 5.41) is 7.73. The van der Waals surface area contributed by atoms with Crippen molar-refractivity contribution in [1.82, 2.24) is 0 Å². The van der Waals surface area contributed by atoms with Crippen molar-refractivity contribution < 1.29 is 4.11 Å². The molecule has 0 heteroatoms. The molecule has 0 radical (unpaired) electrons. The van der Waals surface area contributed by atoms with Gasteiger partial charge < -0.3 is 0 Å². The second-order valence-corrected chi connectivity index (χ2v) is 11.8. The number of aryl methyl sites for hydroxylation is 1. The minimum absolute atomic E-state index is 0.361. The van der Waals surface area contributed by atoms with Crippen LogP contribution in [-0.4, -0.2) is 0 Å². The first-order valence-electron chi connectivity index (χ1n) is 16.7. The zero-order chi connectivity index (χ0) is 31.7. The van der Waals surface area contributed by atoms with Crippen LogP contribution < -0.4 is 0 Å². The molecule has 1 aliphatic carbocycles. The Balaban J connectivity index is 1.14. The molecule has 0 saturated heterocycles. The third-order valence-electron chi connectivity index (χ3n) is 9.44. The molecular formula is C44H30. The SMILES string of the molecule is [2H]C([2H])([2H])c1ccc(-c2cccc(-c3cccc4c3Cc3c(-c5ccc6c7ccccc7c7ccccc7c6c5)cccc3-4)c2)cc1. The average Bonchev–Trinajstić information content (AvgIpc) is 3.51. The van der Waals surface area contributed by atoms with E-state index >= 15 is 0 Å². The predicted octanol–water partition coefficient (Wildman–Crippen LogP) is 12.0. The van der Waals surface area contributed by atoms with Crippen LogP contribution in [0.5, 0.6) is 0 Å². The van der Waals surface area contributed by atoms with E-state index in [2.05, 4.69) is 127 Å². The van der Waals surface area contributed by atoms with E-state index in [0.717, 1.165) is 23.1 Å². The third kappa shape index (κ3) is 3.85. The summed E-state index contributed by atoms with van der Waals surface area (Å²) in [5.74, 6) is 0. The molecule has 0 bridgehead atoms. The Bertz CT molecular complexity index is 2480. The lowest BCUT2D eigenvalue weighted by atomic mass is 9.90. The predicted molar refractivity (Wildman–Crippen MR) is 188 cm³/mol. The minimum Gasteiger partial charge on any atom is -0.0616 e. The second kappa shape index (κ2) is 9.79. The van der Waals surface area contributed by atoms with E-state index in [-0.39, 0.29) is 0 Å². The minimum atomic E-state index is -2.10. The molecule has 0 atom stereocenters. The van der Waals surface area contributed by atoms with Gasteiger partial charge in [-0.05, 0) is 113 Å². The van der Waals surface area contributed by atoms with Crippen LogP contribution in [0.4, 0.5) is 0 Å². The van der Waals surface area contributed by atoms with E-state index in [0.29, 0.717) is 5.56 Å². The number of benzene rings is 8. The molecule has 0 aliphatic heterocycles. The number of hydrogen-bond donors (Lipinski definition) is 0. The van der Waals surface area contributed by atoms with Crippen LogP contribution in [0.1, 0.15) is 20.8 Å². The Morgan fingerprint density at radius 1 is 0.364 bits per heavy atom. The van der Waals surface area contributed by atoms with Crippen molar-refractivity contribution in [3.63, 3.8) is 0 Å². The fraction of sp³-hybridized carbons (Fsp3) is 0.0455. The number of fused-ring (bicyclic) bond motifs is 9. The van der Waals surface area contributed by atoms with Gasteiger partial charge >= 0.3 is 0 Å². The van der Waals surface area contributed by atoms with Gasteiger partial charge in [0.2, 0.25) is 0 Å². The molecule has 0 aromatic heterocycles. The van der Waals surface area contributed by atoms with E-state index in [1.54, 1.807) is 12.1 Å². The quantitative estimate of drug-likeness (QED) is 0.188. The molecule has 0 saturated carbocycles. The van der Waals surface area contributed by atoms with E-state index in [1.807, 2.05) is 12.1 Å². The Morgan fingerprint density at radius 2 is 0.841 bits per heavy atom. The molecule has 0 nitrogen and oxygen atoms in total. The summed E-state index contributed by atoms with van der Waals surface area (Å²) in [7, 11) is 0. The highest BCUT2D eigenvalue weighted by atomic mass is 14.3. The molecule has 206 valence electrons. The molecule has 1 aliphatic rings. The monoisotopic (exact) mass is 561 g/mol. The highest BCUT2D eigenvalue weighted by molar-refractivity contribution is 6.25. The van der Waals surface area contributed by atoms with E-state index in [9.17, 15) is 0 Å². The van der Waals surface area contributed by atoms with Crippen molar-refractivity contribution in [1.29, 1.82) is 0 Å². The maximum atomic E-state index is 7.72. The van der Waals surface area contributed by atoms with Gasteiger partial charge in [-0.1, -0.05) is 145 Å². The fourth-order valence-electron chi connectivity index (χ4n) is 7.38. The maximum Gasteiger partial charge on any atom is 0.0280 e. The Labute approximate surface area is 262 Å². The molecule has 0 N–H and O–H groups in total. The maximum absolute atomic E-state index is 7.72. The van der Waals surface area contributed by atoms with Gasteiger partial charge in [-0.15, -0.1) is 0 Å². The average molecular weight is 562 g/mol. The van der Waals surface area contributed by atoms with Crippen LogP contribution in [0.2, 0.25) is 0 Å². The molecular weight excluding hydrogens is 528 g/mol. The largest absolute Gasteiger partial charge is 0.0616 e. The summed E-state index contributed by atoms with van der Waals surface area (Å²) in [5.41, 5.74) is 12.7. The summed E-state index contributed by atoms with van der Waals surface area (Å²) in [6.45, 7) is -2.10. The second-order valence-electron chi connectivity index (χ2n) is 11.8. The molecule has 0 spiro atoms. The summed E-state index contributed by atoms with van der Waals surface area (Å²) >= 11 is 0. The van der Waals surface area contributed by atoms with Gasteiger partial charge in [0.25, 0.3) is 0 Å². The van der Waals surface area contributed by atoms with Crippen LogP contribution >= 0.6 is 0 Å². The van der Waals surface area contributed by atoms with E-state index in [4.69, 9.17) is 4.11 Å². The number of hydrogen-bond acceptors (Lipinski definition) is 0. The third-order valence-corrected chi connectivity index (χ3v) is 9.44. The highest BCUT2D eigenvalue weighted by Crippen LogP contribution is 2.46. The molecule has 0 heterocycles. The first kappa shape index (κ1) is 22.1. The van der Waals surface area contributed by atoms with Crippen molar-refractivity contribution >= 4 is 32.3 Å². The van der Waals surface area contributed by atoms with Crippen LogP contribution in [0.25, 0.3) is 76.8 Å². The molecule has 9 rings (SSSR count). The fourth-order valence-corrected chi connectivity index (χ4v) is 7.38. The van der Waals surface area contributed by atoms with Gasteiger partial charge in [0.1, 0.15) is 0 Å². The van der Waals surface area contributed by atoms with Crippen LogP contribution in [-0.2, 0) is 6.42 Å². The van der Waals surface area contributed by atoms with Crippen molar-refractivity contribution in [3.05, 3.63) is 168 Å². The zero-order valence-corrected chi connectivity index (χ0v) is 24.1. The smallest absolute Gasteiger partial charge is 0.0280 e.